The van der Waals surface area contributed by atoms with E-state index in [-0.39, 0.29) is 5.60 Å². The van der Waals surface area contributed by atoms with Crippen molar-refractivity contribution >= 4 is 10.8 Å². The molecule has 0 amide bonds. The van der Waals surface area contributed by atoms with Crippen LogP contribution < -0.4 is 5.73 Å². The summed E-state index contributed by atoms with van der Waals surface area (Å²) in [7, 11) is 0. The number of hydrogen-bond donors (Lipinski definition) is 1. The smallest absolute Gasteiger partial charge is 0.203 e. The summed E-state index contributed by atoms with van der Waals surface area (Å²) >= 11 is 0. The Kier molecular flexibility index (Phi) is 3.64. The average molecular weight is 345 g/mol. The maximum Gasteiger partial charge on any atom is 0.203 e. The lowest BCUT2D eigenvalue weighted by Crippen LogP contribution is -2.50. The molecule has 2 aliphatic rings. The van der Waals surface area contributed by atoms with E-state index in [1.807, 2.05) is 24.3 Å². The van der Waals surface area contributed by atoms with E-state index in [4.69, 9.17) is 15.5 Å². The zero-order chi connectivity index (χ0) is 17.6. The first-order valence-corrected chi connectivity index (χ1v) is 9.46. The number of rotatable bonds is 1. The maximum absolute atomic E-state index is 6.83. The molecular formula is C23H23NO2. The fourth-order valence-electron chi connectivity index (χ4n) is 4.54. The van der Waals surface area contributed by atoms with Gasteiger partial charge < -0.3 is 0 Å². The average Bonchev–Trinajstić information content (AvgIpc) is 2.72. The van der Waals surface area contributed by atoms with Crippen LogP contribution in [0, 0.1) is 0 Å². The van der Waals surface area contributed by atoms with Crippen LogP contribution in [0.1, 0.15) is 48.8 Å². The van der Waals surface area contributed by atoms with Crippen LogP contribution in [0.15, 0.2) is 66.7 Å². The van der Waals surface area contributed by atoms with Crippen molar-refractivity contribution in [3.8, 4) is 0 Å². The lowest BCUT2D eigenvalue weighted by Gasteiger charge is -2.46. The molecule has 132 valence electrons. The molecule has 3 aromatic rings. The summed E-state index contributed by atoms with van der Waals surface area (Å²) in [5.74, 6) is 0. The van der Waals surface area contributed by atoms with Crippen LogP contribution in [-0.2, 0) is 21.1 Å². The highest BCUT2D eigenvalue weighted by atomic mass is 17.2. The fourth-order valence-corrected chi connectivity index (χ4v) is 4.54. The van der Waals surface area contributed by atoms with Crippen molar-refractivity contribution in [2.24, 2.45) is 5.73 Å². The third-order valence-corrected chi connectivity index (χ3v) is 5.99. The minimum atomic E-state index is -1.09. The SMILES string of the molecule is NC1(c2ccc3ccccc3c2)OOC2(CCCCC2)c2ccccc21. The molecule has 1 aliphatic heterocycles. The summed E-state index contributed by atoms with van der Waals surface area (Å²) in [6.07, 6.45) is 5.54. The van der Waals surface area contributed by atoms with Crippen LogP contribution in [0.3, 0.4) is 0 Å². The van der Waals surface area contributed by atoms with Crippen molar-refractivity contribution in [2.75, 3.05) is 0 Å². The third-order valence-electron chi connectivity index (χ3n) is 5.99. The van der Waals surface area contributed by atoms with Crippen molar-refractivity contribution in [2.45, 2.75) is 43.4 Å². The number of fused-ring (bicyclic) bond motifs is 3. The van der Waals surface area contributed by atoms with Crippen molar-refractivity contribution in [1.82, 2.24) is 0 Å². The highest BCUT2D eigenvalue weighted by Crippen LogP contribution is 2.49. The summed E-state index contributed by atoms with van der Waals surface area (Å²) < 4.78 is 0. The molecule has 0 radical (unpaired) electrons. The molecule has 1 heterocycles. The number of benzene rings is 3. The van der Waals surface area contributed by atoms with Gasteiger partial charge >= 0.3 is 0 Å². The third kappa shape index (κ3) is 2.32. The highest BCUT2D eigenvalue weighted by molar-refractivity contribution is 5.83. The number of nitrogens with two attached hydrogens (primary N) is 1. The van der Waals surface area contributed by atoms with E-state index in [1.165, 1.54) is 17.4 Å². The van der Waals surface area contributed by atoms with Crippen molar-refractivity contribution in [3.63, 3.8) is 0 Å². The van der Waals surface area contributed by atoms with Gasteiger partial charge in [-0.05, 0) is 35.2 Å². The molecule has 3 aromatic carbocycles. The predicted molar refractivity (Wildman–Crippen MR) is 102 cm³/mol. The van der Waals surface area contributed by atoms with Crippen LogP contribution in [0.2, 0.25) is 0 Å². The van der Waals surface area contributed by atoms with E-state index < -0.39 is 5.72 Å². The van der Waals surface area contributed by atoms with Crippen molar-refractivity contribution in [3.05, 3.63) is 83.4 Å². The van der Waals surface area contributed by atoms with Gasteiger partial charge in [0.2, 0.25) is 5.72 Å². The van der Waals surface area contributed by atoms with Gasteiger partial charge in [-0.2, -0.15) is 0 Å². The summed E-state index contributed by atoms with van der Waals surface area (Å²) in [6, 6.07) is 22.9. The van der Waals surface area contributed by atoms with Crippen LogP contribution in [0.25, 0.3) is 10.8 Å². The molecule has 26 heavy (non-hydrogen) atoms. The zero-order valence-corrected chi connectivity index (χ0v) is 14.8. The van der Waals surface area contributed by atoms with Crippen molar-refractivity contribution in [1.29, 1.82) is 0 Å². The largest absolute Gasteiger partial charge is 0.293 e. The Hall–Kier alpha value is -2.20. The van der Waals surface area contributed by atoms with Gasteiger partial charge in [-0.15, -0.1) is 0 Å². The minimum absolute atomic E-state index is 0.353. The topological polar surface area (TPSA) is 44.5 Å². The molecule has 1 atom stereocenters. The van der Waals surface area contributed by atoms with Gasteiger partial charge in [-0.3, -0.25) is 5.73 Å². The lowest BCUT2D eigenvalue weighted by molar-refractivity contribution is -0.430. The second kappa shape index (κ2) is 5.92. The Morgan fingerprint density at radius 3 is 2.19 bits per heavy atom. The predicted octanol–water partition coefficient (Wildman–Crippen LogP) is 5.12. The molecule has 0 saturated heterocycles. The van der Waals surface area contributed by atoms with Crippen LogP contribution >= 0.6 is 0 Å². The maximum atomic E-state index is 6.83. The standard InChI is InChI=1S/C23H23NO2/c24-23(19-13-12-17-8-2-3-9-18(17)16-19)21-11-5-4-10-20(21)22(25-26-23)14-6-1-7-15-22/h2-5,8-13,16H,1,6-7,14-15,24H2. The molecule has 0 aromatic heterocycles. The zero-order valence-electron chi connectivity index (χ0n) is 14.8. The second-order valence-corrected chi connectivity index (χ2v) is 7.56. The molecule has 1 aliphatic carbocycles. The van der Waals surface area contributed by atoms with E-state index in [0.29, 0.717) is 0 Å². The summed E-state index contributed by atoms with van der Waals surface area (Å²) in [4.78, 5) is 12.1. The van der Waals surface area contributed by atoms with E-state index in [9.17, 15) is 0 Å². The Morgan fingerprint density at radius 2 is 1.38 bits per heavy atom. The Bertz CT molecular complexity index is 961. The van der Waals surface area contributed by atoms with Crippen LogP contribution in [0.5, 0.6) is 0 Å². The van der Waals surface area contributed by atoms with Gasteiger partial charge in [0.1, 0.15) is 5.60 Å². The van der Waals surface area contributed by atoms with Gasteiger partial charge in [-0.25, -0.2) is 9.78 Å². The molecule has 3 heteroatoms. The summed E-state index contributed by atoms with van der Waals surface area (Å²) in [5, 5.41) is 2.34. The minimum Gasteiger partial charge on any atom is -0.293 e. The van der Waals surface area contributed by atoms with Crippen LogP contribution in [-0.4, -0.2) is 0 Å². The van der Waals surface area contributed by atoms with Crippen molar-refractivity contribution < 1.29 is 9.78 Å². The summed E-state index contributed by atoms with van der Waals surface area (Å²) in [5.41, 5.74) is 8.49. The molecule has 5 rings (SSSR count). The first kappa shape index (κ1) is 16.0. The Morgan fingerprint density at radius 1 is 0.692 bits per heavy atom. The second-order valence-electron chi connectivity index (χ2n) is 7.56. The molecule has 2 N–H and O–H groups in total. The fraction of sp³-hybridized carbons (Fsp3) is 0.304. The van der Waals surface area contributed by atoms with E-state index in [0.717, 1.165) is 42.2 Å². The van der Waals surface area contributed by atoms with E-state index >= 15 is 0 Å². The first-order chi connectivity index (χ1) is 12.7. The molecule has 1 spiro atoms. The van der Waals surface area contributed by atoms with Gasteiger partial charge in [0.15, 0.2) is 0 Å². The normalized spacial score (nSPS) is 24.5. The van der Waals surface area contributed by atoms with Crippen LogP contribution in [0.4, 0.5) is 0 Å². The molecule has 1 unspecified atom stereocenters. The molecule has 1 saturated carbocycles. The number of hydrogen-bond acceptors (Lipinski definition) is 3. The molecule has 0 bridgehead atoms. The molecule has 1 fully saturated rings. The first-order valence-electron chi connectivity index (χ1n) is 9.46. The quantitative estimate of drug-likeness (QED) is 0.623. The van der Waals surface area contributed by atoms with Gasteiger partial charge in [0, 0.05) is 11.1 Å². The lowest BCUT2D eigenvalue weighted by atomic mass is 9.74. The van der Waals surface area contributed by atoms with Gasteiger partial charge in [-0.1, -0.05) is 79.9 Å². The monoisotopic (exact) mass is 345 g/mol. The molecule has 3 nitrogen and oxygen atoms in total. The molecular weight excluding hydrogens is 322 g/mol. The Balaban J connectivity index is 1.66. The Labute approximate surface area is 153 Å². The summed E-state index contributed by atoms with van der Waals surface area (Å²) in [6.45, 7) is 0. The van der Waals surface area contributed by atoms with E-state index in [2.05, 4.69) is 42.5 Å². The van der Waals surface area contributed by atoms with Gasteiger partial charge in [0.25, 0.3) is 0 Å². The highest BCUT2D eigenvalue weighted by Gasteiger charge is 2.49. The van der Waals surface area contributed by atoms with Gasteiger partial charge in [0.05, 0.1) is 0 Å². The van der Waals surface area contributed by atoms with E-state index in [1.54, 1.807) is 0 Å².